The molecule has 0 radical (unpaired) electrons. The molecule has 0 aromatic carbocycles. The lowest BCUT2D eigenvalue weighted by molar-refractivity contribution is 1.01. The highest BCUT2D eigenvalue weighted by atomic mass is 35.5. The summed E-state index contributed by atoms with van der Waals surface area (Å²) in [6.07, 6.45) is 1.79. The van der Waals surface area contributed by atoms with E-state index >= 15 is 0 Å². The summed E-state index contributed by atoms with van der Waals surface area (Å²) in [5.41, 5.74) is 6.11. The van der Waals surface area contributed by atoms with E-state index in [1.165, 1.54) is 0 Å². The first-order valence-electron chi connectivity index (χ1n) is 4.26. The molecule has 6 heteroatoms. The fraction of sp³-hybridized carbons (Fsp3) is 0.250. The number of fused-ring (bicyclic) bond motifs is 1. The van der Waals surface area contributed by atoms with E-state index < -0.39 is 0 Å². The average molecular weight is 212 g/mol. The molecule has 0 bridgehead atoms. The third-order valence-electron chi connectivity index (χ3n) is 1.83. The molecule has 0 aliphatic heterocycles. The van der Waals surface area contributed by atoms with Crippen LogP contribution in [0.5, 0.6) is 0 Å². The number of H-pyrrole nitrogens is 1. The van der Waals surface area contributed by atoms with Gasteiger partial charge in [-0.2, -0.15) is 4.98 Å². The van der Waals surface area contributed by atoms with Gasteiger partial charge in [-0.25, -0.2) is 4.98 Å². The molecule has 0 amide bonds. The number of anilines is 1. The highest BCUT2D eigenvalue weighted by Gasteiger charge is 2.05. The minimum atomic E-state index is 0.222. The third kappa shape index (κ3) is 1.64. The number of hydrogen-bond donors (Lipinski definition) is 3. The lowest BCUT2D eigenvalue weighted by Crippen LogP contribution is -2.14. The van der Waals surface area contributed by atoms with Crippen molar-refractivity contribution in [1.29, 1.82) is 0 Å². The van der Waals surface area contributed by atoms with Gasteiger partial charge in [-0.3, -0.25) is 0 Å². The minimum absolute atomic E-state index is 0.222. The number of nitrogens with zero attached hydrogens (tertiary/aromatic N) is 2. The zero-order chi connectivity index (χ0) is 9.97. The summed E-state index contributed by atoms with van der Waals surface area (Å²) in [6.45, 7) is 1.21. The first kappa shape index (κ1) is 9.23. The van der Waals surface area contributed by atoms with Crippen molar-refractivity contribution in [2.75, 3.05) is 18.4 Å². The average Bonchev–Trinajstić information content (AvgIpc) is 2.61. The van der Waals surface area contributed by atoms with Crippen LogP contribution in [-0.4, -0.2) is 28.0 Å². The maximum absolute atomic E-state index is 5.75. The van der Waals surface area contributed by atoms with E-state index in [-0.39, 0.29) is 5.28 Å². The standard InChI is InChI=1S/C8H10ClN5/c9-8-13-6-5(1-3-11-6)7(14-8)12-4-2-10/h1,3H,2,4,10H2,(H2,11,12,13,14). The van der Waals surface area contributed by atoms with Crippen LogP contribution in [0, 0.1) is 0 Å². The molecule has 0 aliphatic rings. The lowest BCUT2D eigenvalue weighted by Gasteiger charge is -2.04. The van der Waals surface area contributed by atoms with E-state index in [0.717, 1.165) is 11.0 Å². The van der Waals surface area contributed by atoms with Crippen molar-refractivity contribution in [3.63, 3.8) is 0 Å². The summed E-state index contributed by atoms with van der Waals surface area (Å²) >= 11 is 5.75. The quantitative estimate of drug-likeness (QED) is 0.662. The Balaban J connectivity index is 2.44. The number of aromatic nitrogens is 3. The maximum Gasteiger partial charge on any atom is 0.226 e. The van der Waals surface area contributed by atoms with Crippen molar-refractivity contribution >= 4 is 28.5 Å². The van der Waals surface area contributed by atoms with Gasteiger partial charge in [0, 0.05) is 19.3 Å². The first-order valence-corrected chi connectivity index (χ1v) is 4.63. The van der Waals surface area contributed by atoms with Crippen molar-refractivity contribution in [1.82, 2.24) is 15.0 Å². The van der Waals surface area contributed by atoms with Gasteiger partial charge in [0.15, 0.2) is 0 Å². The Morgan fingerprint density at radius 1 is 1.50 bits per heavy atom. The van der Waals surface area contributed by atoms with Crippen molar-refractivity contribution < 1.29 is 0 Å². The second-order valence-corrected chi connectivity index (χ2v) is 3.13. The van der Waals surface area contributed by atoms with Crippen molar-refractivity contribution in [2.45, 2.75) is 0 Å². The molecule has 0 aliphatic carbocycles. The summed E-state index contributed by atoms with van der Waals surface area (Å²) in [5.74, 6) is 0.715. The van der Waals surface area contributed by atoms with Crippen LogP contribution < -0.4 is 11.1 Å². The fourth-order valence-electron chi connectivity index (χ4n) is 1.24. The number of hydrogen-bond acceptors (Lipinski definition) is 4. The second kappa shape index (κ2) is 3.81. The van der Waals surface area contributed by atoms with Crippen LogP contribution in [0.1, 0.15) is 0 Å². The predicted molar refractivity (Wildman–Crippen MR) is 56.4 cm³/mol. The minimum Gasteiger partial charge on any atom is -0.368 e. The Morgan fingerprint density at radius 3 is 3.14 bits per heavy atom. The molecule has 4 N–H and O–H groups in total. The zero-order valence-corrected chi connectivity index (χ0v) is 8.17. The van der Waals surface area contributed by atoms with E-state index in [4.69, 9.17) is 17.3 Å². The molecule has 2 rings (SSSR count). The molecule has 74 valence electrons. The van der Waals surface area contributed by atoms with Crippen molar-refractivity contribution in [3.8, 4) is 0 Å². The van der Waals surface area contributed by atoms with Gasteiger partial charge in [0.05, 0.1) is 5.39 Å². The largest absolute Gasteiger partial charge is 0.368 e. The van der Waals surface area contributed by atoms with Crippen LogP contribution >= 0.6 is 11.6 Å². The molecule has 14 heavy (non-hydrogen) atoms. The Kier molecular flexibility index (Phi) is 2.51. The normalized spacial score (nSPS) is 10.7. The molecule has 0 saturated carbocycles. The molecular formula is C8H10ClN5. The monoisotopic (exact) mass is 211 g/mol. The predicted octanol–water partition coefficient (Wildman–Crippen LogP) is 0.982. The highest BCUT2D eigenvalue weighted by Crippen LogP contribution is 2.20. The summed E-state index contributed by atoms with van der Waals surface area (Å²) in [6, 6.07) is 1.89. The maximum atomic E-state index is 5.75. The molecule has 0 atom stereocenters. The second-order valence-electron chi connectivity index (χ2n) is 2.80. The van der Waals surface area contributed by atoms with E-state index in [2.05, 4.69) is 20.3 Å². The van der Waals surface area contributed by atoms with Gasteiger partial charge in [-0.05, 0) is 17.7 Å². The molecule has 2 heterocycles. The molecule has 0 fully saturated rings. The topological polar surface area (TPSA) is 79.6 Å². The van der Waals surface area contributed by atoms with Gasteiger partial charge in [-0.15, -0.1) is 0 Å². The molecule has 0 saturated heterocycles. The number of rotatable bonds is 3. The fourth-order valence-corrected chi connectivity index (χ4v) is 1.41. The summed E-state index contributed by atoms with van der Waals surface area (Å²) in [5, 5.41) is 4.22. The Labute approximate surface area is 85.7 Å². The van der Waals surface area contributed by atoms with Gasteiger partial charge >= 0.3 is 0 Å². The van der Waals surface area contributed by atoms with E-state index in [1.807, 2.05) is 6.07 Å². The summed E-state index contributed by atoms with van der Waals surface area (Å²) in [4.78, 5) is 11.1. The smallest absolute Gasteiger partial charge is 0.226 e. The van der Waals surface area contributed by atoms with Crippen LogP contribution in [0.4, 0.5) is 5.82 Å². The van der Waals surface area contributed by atoms with Crippen molar-refractivity contribution in [3.05, 3.63) is 17.5 Å². The molecule has 0 spiro atoms. The van der Waals surface area contributed by atoms with Gasteiger partial charge in [0.25, 0.3) is 0 Å². The summed E-state index contributed by atoms with van der Waals surface area (Å²) in [7, 11) is 0. The molecular weight excluding hydrogens is 202 g/mol. The van der Waals surface area contributed by atoms with E-state index in [9.17, 15) is 0 Å². The molecule has 5 nitrogen and oxygen atoms in total. The SMILES string of the molecule is NCCNc1nc(Cl)nc2[nH]ccc12. The number of nitrogens with two attached hydrogens (primary N) is 1. The number of nitrogens with one attached hydrogen (secondary N) is 2. The van der Waals surface area contributed by atoms with Crippen LogP contribution in [0.15, 0.2) is 12.3 Å². The van der Waals surface area contributed by atoms with Crippen LogP contribution in [0.2, 0.25) is 5.28 Å². The van der Waals surface area contributed by atoms with E-state index in [0.29, 0.717) is 18.9 Å². The Hall–Kier alpha value is -1.33. The van der Waals surface area contributed by atoms with E-state index in [1.54, 1.807) is 6.20 Å². The highest BCUT2D eigenvalue weighted by molar-refractivity contribution is 6.28. The number of halogens is 1. The molecule has 2 aromatic heterocycles. The Bertz CT molecular complexity index is 438. The van der Waals surface area contributed by atoms with Gasteiger partial charge in [0.2, 0.25) is 5.28 Å². The molecule has 0 unspecified atom stereocenters. The Morgan fingerprint density at radius 2 is 2.36 bits per heavy atom. The zero-order valence-electron chi connectivity index (χ0n) is 7.42. The number of aromatic amines is 1. The van der Waals surface area contributed by atoms with Crippen molar-refractivity contribution in [2.24, 2.45) is 5.73 Å². The van der Waals surface area contributed by atoms with Crippen LogP contribution in [-0.2, 0) is 0 Å². The third-order valence-corrected chi connectivity index (χ3v) is 1.99. The molecule has 2 aromatic rings. The van der Waals surface area contributed by atoms with Crippen LogP contribution in [0.3, 0.4) is 0 Å². The van der Waals surface area contributed by atoms with Crippen LogP contribution in [0.25, 0.3) is 11.0 Å². The van der Waals surface area contributed by atoms with Gasteiger partial charge < -0.3 is 16.0 Å². The van der Waals surface area contributed by atoms with Gasteiger partial charge in [0.1, 0.15) is 11.5 Å². The summed E-state index contributed by atoms with van der Waals surface area (Å²) < 4.78 is 0. The van der Waals surface area contributed by atoms with Gasteiger partial charge in [-0.1, -0.05) is 0 Å². The lowest BCUT2D eigenvalue weighted by atomic mass is 10.4. The first-order chi connectivity index (χ1) is 6.81.